The molecule has 2 nitrogen and oxygen atoms in total. The molecule has 2 aromatic rings. The Morgan fingerprint density at radius 1 is 0.955 bits per heavy atom. The van der Waals surface area contributed by atoms with E-state index in [0.717, 1.165) is 29.8 Å². The van der Waals surface area contributed by atoms with Crippen molar-refractivity contribution in [2.24, 2.45) is 0 Å². The highest BCUT2D eigenvalue weighted by atomic mass is 16.3. The molecule has 22 heavy (non-hydrogen) atoms. The van der Waals surface area contributed by atoms with Gasteiger partial charge in [0, 0.05) is 5.56 Å². The maximum atomic E-state index is 10.4. The van der Waals surface area contributed by atoms with Crippen LogP contribution in [0.15, 0.2) is 54.6 Å². The Morgan fingerprint density at radius 3 is 2.27 bits per heavy atom. The van der Waals surface area contributed by atoms with Crippen molar-refractivity contribution >= 4 is 0 Å². The van der Waals surface area contributed by atoms with Gasteiger partial charge in [0.1, 0.15) is 6.10 Å². The second kappa shape index (κ2) is 8.38. The number of benzene rings is 2. The van der Waals surface area contributed by atoms with Gasteiger partial charge in [-0.05, 0) is 24.2 Å². The maximum Gasteiger partial charge on any atom is 0.140 e. The Bertz CT molecular complexity index is 636. The molecule has 2 aromatic carbocycles. The minimum Gasteiger partial charge on any atom is -0.376 e. The summed E-state index contributed by atoms with van der Waals surface area (Å²) in [5.41, 5.74) is 3.00. The second-order valence-corrected chi connectivity index (χ2v) is 5.14. The van der Waals surface area contributed by atoms with Gasteiger partial charge in [-0.1, -0.05) is 80.3 Å². The summed E-state index contributed by atoms with van der Waals surface area (Å²) in [4.78, 5) is 2.23. The van der Waals surface area contributed by atoms with Crippen LogP contribution < -0.4 is 0 Å². The van der Waals surface area contributed by atoms with Crippen molar-refractivity contribution in [2.45, 2.75) is 20.0 Å². The minimum absolute atomic E-state index is 0.692. The van der Waals surface area contributed by atoms with Crippen LogP contribution in [0, 0.1) is 11.8 Å². The van der Waals surface area contributed by atoms with Crippen LogP contribution in [0.1, 0.15) is 25.5 Å². The Morgan fingerprint density at radius 2 is 1.59 bits per heavy atom. The fourth-order valence-corrected chi connectivity index (χ4v) is 2.40. The molecule has 2 rings (SSSR count). The van der Waals surface area contributed by atoms with Crippen LogP contribution in [0.5, 0.6) is 0 Å². The monoisotopic (exact) mass is 293 g/mol. The Labute approximate surface area is 133 Å². The van der Waals surface area contributed by atoms with E-state index in [9.17, 15) is 5.11 Å². The lowest BCUT2D eigenvalue weighted by molar-refractivity contribution is 0.238. The van der Waals surface area contributed by atoms with E-state index in [1.54, 1.807) is 0 Å². The van der Waals surface area contributed by atoms with Crippen molar-refractivity contribution in [3.05, 3.63) is 60.2 Å². The molecule has 0 aliphatic rings. The molecule has 1 unspecified atom stereocenters. The van der Waals surface area contributed by atoms with Crippen LogP contribution in [0.25, 0.3) is 11.1 Å². The van der Waals surface area contributed by atoms with Crippen molar-refractivity contribution in [2.75, 3.05) is 19.6 Å². The maximum absolute atomic E-state index is 10.4. The standard InChI is InChI=1S/C20H23NO/c1-3-21(4-2)16-10-15-20(22)19-14-9-8-13-18(19)17-11-6-5-7-12-17/h5-9,11-14,20,22H,3-4,16H2,1-2H3. The van der Waals surface area contributed by atoms with Crippen molar-refractivity contribution in [1.82, 2.24) is 4.90 Å². The molecule has 0 amide bonds. The molecule has 2 heteroatoms. The van der Waals surface area contributed by atoms with E-state index >= 15 is 0 Å². The lowest BCUT2D eigenvalue weighted by Crippen LogP contribution is -2.23. The van der Waals surface area contributed by atoms with Gasteiger partial charge in [0.25, 0.3) is 0 Å². The van der Waals surface area contributed by atoms with Crippen LogP contribution in [-0.4, -0.2) is 29.6 Å². The van der Waals surface area contributed by atoms with Gasteiger partial charge in [-0.3, -0.25) is 4.90 Å². The fourth-order valence-electron chi connectivity index (χ4n) is 2.40. The average Bonchev–Trinajstić information content (AvgIpc) is 2.59. The van der Waals surface area contributed by atoms with Gasteiger partial charge in [0.05, 0.1) is 6.54 Å². The first-order chi connectivity index (χ1) is 10.8. The van der Waals surface area contributed by atoms with E-state index < -0.39 is 6.10 Å². The van der Waals surface area contributed by atoms with Gasteiger partial charge in [0.2, 0.25) is 0 Å². The first kappa shape index (κ1) is 16.3. The summed E-state index contributed by atoms with van der Waals surface area (Å²) in [7, 11) is 0. The number of nitrogens with zero attached hydrogens (tertiary/aromatic N) is 1. The fraction of sp³-hybridized carbons (Fsp3) is 0.300. The van der Waals surface area contributed by atoms with Crippen molar-refractivity contribution in [3.8, 4) is 23.0 Å². The molecule has 0 saturated heterocycles. The van der Waals surface area contributed by atoms with E-state index in [0.29, 0.717) is 6.54 Å². The van der Waals surface area contributed by atoms with Crippen molar-refractivity contribution in [1.29, 1.82) is 0 Å². The zero-order valence-electron chi connectivity index (χ0n) is 13.3. The lowest BCUT2D eigenvalue weighted by atomic mass is 9.96. The van der Waals surface area contributed by atoms with Crippen LogP contribution >= 0.6 is 0 Å². The molecule has 1 N–H and O–H groups in total. The third-order valence-electron chi connectivity index (χ3n) is 3.78. The lowest BCUT2D eigenvalue weighted by Gasteiger charge is -2.14. The first-order valence-corrected chi connectivity index (χ1v) is 7.79. The molecule has 0 fully saturated rings. The van der Waals surface area contributed by atoms with E-state index in [1.165, 1.54) is 0 Å². The minimum atomic E-state index is -0.757. The zero-order valence-corrected chi connectivity index (χ0v) is 13.3. The number of aliphatic hydroxyl groups is 1. The van der Waals surface area contributed by atoms with Crippen LogP contribution in [0.4, 0.5) is 0 Å². The summed E-state index contributed by atoms with van der Waals surface area (Å²) >= 11 is 0. The Balaban J connectivity index is 2.21. The molecule has 0 heterocycles. The quantitative estimate of drug-likeness (QED) is 0.849. The summed E-state index contributed by atoms with van der Waals surface area (Å²) in [6.45, 7) is 6.87. The van der Waals surface area contributed by atoms with E-state index in [-0.39, 0.29) is 0 Å². The summed E-state index contributed by atoms with van der Waals surface area (Å²) in [6, 6.07) is 18.0. The normalized spacial score (nSPS) is 11.8. The molecule has 0 radical (unpaired) electrons. The summed E-state index contributed by atoms with van der Waals surface area (Å²) in [6.07, 6.45) is -0.757. The second-order valence-electron chi connectivity index (χ2n) is 5.14. The van der Waals surface area contributed by atoms with Gasteiger partial charge in [-0.25, -0.2) is 0 Å². The van der Waals surface area contributed by atoms with Crippen LogP contribution in [-0.2, 0) is 0 Å². The van der Waals surface area contributed by atoms with Gasteiger partial charge in [-0.15, -0.1) is 0 Å². The predicted molar refractivity (Wildman–Crippen MR) is 92.4 cm³/mol. The van der Waals surface area contributed by atoms with E-state index in [2.05, 4.69) is 42.7 Å². The number of rotatable bonds is 5. The highest BCUT2D eigenvalue weighted by Gasteiger charge is 2.10. The summed E-state index contributed by atoms with van der Waals surface area (Å²) < 4.78 is 0. The van der Waals surface area contributed by atoms with Crippen molar-refractivity contribution in [3.63, 3.8) is 0 Å². The molecular formula is C20H23NO. The largest absolute Gasteiger partial charge is 0.376 e. The smallest absolute Gasteiger partial charge is 0.140 e. The number of aliphatic hydroxyl groups excluding tert-OH is 1. The van der Waals surface area contributed by atoms with Crippen LogP contribution in [0.2, 0.25) is 0 Å². The SMILES string of the molecule is CCN(CC)CC#CC(O)c1ccccc1-c1ccccc1. The molecule has 0 saturated carbocycles. The van der Waals surface area contributed by atoms with Gasteiger partial charge in [0.15, 0.2) is 0 Å². The molecule has 0 bridgehead atoms. The highest BCUT2D eigenvalue weighted by Crippen LogP contribution is 2.27. The predicted octanol–water partition coefficient (Wildman–Crippen LogP) is 3.73. The molecule has 1 atom stereocenters. The Hall–Kier alpha value is -2.08. The topological polar surface area (TPSA) is 23.5 Å². The first-order valence-electron chi connectivity index (χ1n) is 7.79. The molecule has 0 spiro atoms. The van der Waals surface area contributed by atoms with E-state index in [1.807, 2.05) is 42.5 Å². The number of hydrogen-bond acceptors (Lipinski definition) is 2. The average molecular weight is 293 g/mol. The van der Waals surface area contributed by atoms with Crippen molar-refractivity contribution < 1.29 is 5.11 Å². The van der Waals surface area contributed by atoms with Gasteiger partial charge < -0.3 is 5.11 Å². The molecule has 114 valence electrons. The van der Waals surface area contributed by atoms with Crippen LogP contribution in [0.3, 0.4) is 0 Å². The van der Waals surface area contributed by atoms with E-state index in [4.69, 9.17) is 0 Å². The summed E-state index contributed by atoms with van der Waals surface area (Å²) in [5, 5.41) is 10.4. The third kappa shape index (κ3) is 4.21. The Kier molecular flexibility index (Phi) is 6.21. The molecular weight excluding hydrogens is 270 g/mol. The van der Waals surface area contributed by atoms with Gasteiger partial charge >= 0.3 is 0 Å². The zero-order chi connectivity index (χ0) is 15.8. The molecule has 0 aliphatic heterocycles. The molecule has 0 aromatic heterocycles. The summed E-state index contributed by atoms with van der Waals surface area (Å²) in [5.74, 6) is 6.06. The highest BCUT2D eigenvalue weighted by molar-refractivity contribution is 5.68. The third-order valence-corrected chi connectivity index (χ3v) is 3.78. The van der Waals surface area contributed by atoms with Gasteiger partial charge in [-0.2, -0.15) is 0 Å². The number of hydrogen-bond donors (Lipinski definition) is 1. The molecule has 0 aliphatic carbocycles.